The third-order valence-electron chi connectivity index (χ3n) is 3.79. The number of hydrogen-bond donors (Lipinski definition) is 3. The molecule has 5 heteroatoms. The molecule has 0 aliphatic heterocycles. The van der Waals surface area contributed by atoms with E-state index in [1.54, 1.807) is 0 Å². The first-order valence-corrected chi connectivity index (χ1v) is 7.42. The predicted molar refractivity (Wildman–Crippen MR) is 80.0 cm³/mol. The SMILES string of the molecule is CCc1ccc(CNC(=O)NC(CC(=O)O)C2CC2)cc1. The summed E-state index contributed by atoms with van der Waals surface area (Å²) in [5.74, 6) is -0.557. The van der Waals surface area contributed by atoms with E-state index in [-0.39, 0.29) is 18.5 Å². The van der Waals surface area contributed by atoms with Gasteiger partial charge < -0.3 is 15.7 Å². The average Bonchev–Trinajstić information content (AvgIpc) is 3.29. The molecular formula is C16H22N2O3. The maximum atomic E-state index is 11.8. The minimum atomic E-state index is -0.873. The molecule has 0 bridgehead atoms. The molecular weight excluding hydrogens is 268 g/mol. The lowest BCUT2D eigenvalue weighted by molar-refractivity contribution is -0.137. The fraction of sp³-hybridized carbons (Fsp3) is 0.500. The Balaban J connectivity index is 1.78. The summed E-state index contributed by atoms with van der Waals surface area (Å²) < 4.78 is 0. The predicted octanol–water partition coefficient (Wildman–Crippen LogP) is 2.30. The number of hydrogen-bond acceptors (Lipinski definition) is 2. The number of urea groups is 1. The lowest BCUT2D eigenvalue weighted by Gasteiger charge is -2.16. The molecule has 0 spiro atoms. The van der Waals surface area contributed by atoms with Crippen molar-refractivity contribution in [2.75, 3.05) is 0 Å². The lowest BCUT2D eigenvalue weighted by Crippen LogP contribution is -2.43. The van der Waals surface area contributed by atoms with Gasteiger partial charge in [0.2, 0.25) is 0 Å². The van der Waals surface area contributed by atoms with E-state index in [9.17, 15) is 9.59 Å². The van der Waals surface area contributed by atoms with Crippen LogP contribution in [0.25, 0.3) is 0 Å². The normalized spacial score (nSPS) is 15.3. The van der Waals surface area contributed by atoms with Gasteiger partial charge in [-0.05, 0) is 36.3 Å². The fourth-order valence-corrected chi connectivity index (χ4v) is 2.32. The number of benzene rings is 1. The molecule has 1 aliphatic carbocycles. The van der Waals surface area contributed by atoms with Crippen LogP contribution in [0.1, 0.15) is 37.3 Å². The Morgan fingerprint density at radius 2 is 1.86 bits per heavy atom. The van der Waals surface area contributed by atoms with E-state index >= 15 is 0 Å². The van der Waals surface area contributed by atoms with E-state index in [1.165, 1.54) is 5.56 Å². The van der Waals surface area contributed by atoms with E-state index in [0.717, 1.165) is 24.8 Å². The summed E-state index contributed by atoms with van der Waals surface area (Å²) in [4.78, 5) is 22.6. The molecule has 1 unspecified atom stereocenters. The molecule has 2 amide bonds. The van der Waals surface area contributed by atoms with Crippen LogP contribution in [-0.4, -0.2) is 23.1 Å². The molecule has 1 aromatic rings. The number of aliphatic carboxylic acids is 1. The topological polar surface area (TPSA) is 78.4 Å². The largest absolute Gasteiger partial charge is 0.481 e. The van der Waals surface area contributed by atoms with Crippen molar-refractivity contribution in [3.8, 4) is 0 Å². The van der Waals surface area contributed by atoms with Crippen molar-refractivity contribution in [2.45, 2.75) is 45.2 Å². The van der Waals surface area contributed by atoms with Gasteiger partial charge in [-0.25, -0.2) is 4.79 Å². The van der Waals surface area contributed by atoms with Crippen molar-refractivity contribution in [1.82, 2.24) is 10.6 Å². The second kappa shape index (κ2) is 7.11. The van der Waals surface area contributed by atoms with Gasteiger partial charge >= 0.3 is 12.0 Å². The van der Waals surface area contributed by atoms with Crippen LogP contribution < -0.4 is 10.6 Å². The van der Waals surface area contributed by atoms with E-state index in [4.69, 9.17) is 5.11 Å². The zero-order chi connectivity index (χ0) is 15.2. The number of carbonyl (C=O) groups excluding carboxylic acids is 1. The zero-order valence-electron chi connectivity index (χ0n) is 12.3. The molecule has 1 saturated carbocycles. The number of amides is 2. The summed E-state index contributed by atoms with van der Waals surface area (Å²) in [5, 5.41) is 14.4. The van der Waals surface area contributed by atoms with Gasteiger partial charge in [0, 0.05) is 12.6 Å². The van der Waals surface area contributed by atoms with Crippen LogP contribution in [-0.2, 0) is 17.8 Å². The summed E-state index contributed by atoms with van der Waals surface area (Å²) in [6.07, 6.45) is 2.98. The minimum Gasteiger partial charge on any atom is -0.481 e. The van der Waals surface area contributed by atoms with Gasteiger partial charge in [-0.15, -0.1) is 0 Å². The highest BCUT2D eigenvalue weighted by atomic mass is 16.4. The molecule has 114 valence electrons. The van der Waals surface area contributed by atoms with Crippen LogP contribution in [0, 0.1) is 5.92 Å². The van der Waals surface area contributed by atoms with Crippen molar-refractivity contribution in [2.24, 2.45) is 5.92 Å². The first kappa shape index (κ1) is 15.4. The zero-order valence-corrected chi connectivity index (χ0v) is 12.3. The third kappa shape index (κ3) is 5.10. The quantitative estimate of drug-likeness (QED) is 0.721. The third-order valence-corrected chi connectivity index (χ3v) is 3.79. The van der Waals surface area contributed by atoms with Crippen LogP contribution in [0.2, 0.25) is 0 Å². The molecule has 1 aromatic carbocycles. The highest BCUT2D eigenvalue weighted by molar-refractivity contribution is 5.75. The van der Waals surface area contributed by atoms with Crippen LogP contribution in [0.5, 0.6) is 0 Å². The Labute approximate surface area is 124 Å². The summed E-state index contributed by atoms with van der Waals surface area (Å²) >= 11 is 0. The van der Waals surface area contributed by atoms with Gasteiger partial charge in [-0.2, -0.15) is 0 Å². The lowest BCUT2D eigenvalue weighted by atomic mass is 10.1. The van der Waals surface area contributed by atoms with Crippen LogP contribution in [0.4, 0.5) is 4.79 Å². The van der Waals surface area contributed by atoms with Crippen LogP contribution >= 0.6 is 0 Å². The molecule has 0 heterocycles. The van der Waals surface area contributed by atoms with E-state index in [2.05, 4.69) is 17.6 Å². The number of aryl methyl sites for hydroxylation is 1. The van der Waals surface area contributed by atoms with Crippen molar-refractivity contribution >= 4 is 12.0 Å². The highest BCUT2D eigenvalue weighted by Crippen LogP contribution is 2.33. The van der Waals surface area contributed by atoms with E-state index in [0.29, 0.717) is 12.5 Å². The van der Waals surface area contributed by atoms with Crippen molar-refractivity contribution in [1.29, 1.82) is 0 Å². The van der Waals surface area contributed by atoms with Crippen molar-refractivity contribution in [3.05, 3.63) is 35.4 Å². The summed E-state index contributed by atoms with van der Waals surface area (Å²) in [7, 11) is 0. The Morgan fingerprint density at radius 3 is 2.38 bits per heavy atom. The highest BCUT2D eigenvalue weighted by Gasteiger charge is 2.33. The van der Waals surface area contributed by atoms with Crippen LogP contribution in [0.3, 0.4) is 0 Å². The summed E-state index contributed by atoms with van der Waals surface area (Å²) in [5.41, 5.74) is 2.29. The maximum Gasteiger partial charge on any atom is 0.315 e. The number of rotatable bonds is 7. The Bertz CT molecular complexity index is 495. The average molecular weight is 290 g/mol. The molecule has 5 nitrogen and oxygen atoms in total. The number of carboxylic acids is 1. The Morgan fingerprint density at radius 1 is 1.24 bits per heavy atom. The van der Waals surface area contributed by atoms with Crippen LogP contribution in [0.15, 0.2) is 24.3 Å². The molecule has 0 saturated heterocycles. The van der Waals surface area contributed by atoms with Gasteiger partial charge in [0.1, 0.15) is 0 Å². The molecule has 1 aliphatic rings. The second-order valence-electron chi connectivity index (χ2n) is 5.54. The van der Waals surface area contributed by atoms with Gasteiger partial charge in [0.25, 0.3) is 0 Å². The Hall–Kier alpha value is -2.04. The minimum absolute atomic E-state index is 0.0106. The fourth-order valence-electron chi connectivity index (χ4n) is 2.32. The monoisotopic (exact) mass is 290 g/mol. The van der Waals surface area contributed by atoms with E-state index in [1.807, 2.05) is 24.3 Å². The standard InChI is InChI=1S/C16H22N2O3/c1-2-11-3-5-12(6-4-11)10-17-16(21)18-14(9-15(19)20)13-7-8-13/h3-6,13-14H,2,7-10H2,1H3,(H,19,20)(H2,17,18,21). The van der Waals surface area contributed by atoms with Gasteiger partial charge in [-0.1, -0.05) is 31.2 Å². The van der Waals surface area contributed by atoms with Gasteiger partial charge in [0.15, 0.2) is 0 Å². The van der Waals surface area contributed by atoms with Crippen molar-refractivity contribution < 1.29 is 14.7 Å². The molecule has 3 N–H and O–H groups in total. The smallest absolute Gasteiger partial charge is 0.315 e. The summed E-state index contributed by atoms with van der Waals surface area (Å²) in [6, 6.07) is 7.53. The van der Waals surface area contributed by atoms with E-state index < -0.39 is 5.97 Å². The molecule has 0 radical (unpaired) electrons. The van der Waals surface area contributed by atoms with Gasteiger partial charge in [-0.3, -0.25) is 4.79 Å². The number of carboxylic acid groups (broad SMARTS) is 1. The summed E-state index contributed by atoms with van der Waals surface area (Å²) in [6.45, 7) is 2.54. The molecule has 2 rings (SSSR count). The molecule has 21 heavy (non-hydrogen) atoms. The Kier molecular flexibility index (Phi) is 5.20. The number of nitrogens with one attached hydrogen (secondary N) is 2. The van der Waals surface area contributed by atoms with Gasteiger partial charge in [0.05, 0.1) is 6.42 Å². The second-order valence-corrected chi connectivity index (χ2v) is 5.54. The molecule has 0 aromatic heterocycles. The molecule has 1 atom stereocenters. The maximum absolute atomic E-state index is 11.8. The van der Waals surface area contributed by atoms with Crippen molar-refractivity contribution in [3.63, 3.8) is 0 Å². The first-order valence-electron chi connectivity index (χ1n) is 7.42. The first-order chi connectivity index (χ1) is 10.1. The number of carbonyl (C=O) groups is 2. The molecule has 1 fully saturated rings.